The van der Waals surface area contributed by atoms with E-state index < -0.39 is 4.92 Å². The van der Waals surface area contributed by atoms with Gasteiger partial charge in [0.15, 0.2) is 0 Å². The minimum atomic E-state index is -0.490. The highest BCUT2D eigenvalue weighted by molar-refractivity contribution is 6.00. The van der Waals surface area contributed by atoms with Crippen LogP contribution >= 0.6 is 0 Å². The molecule has 0 aliphatic carbocycles. The van der Waals surface area contributed by atoms with E-state index >= 15 is 0 Å². The summed E-state index contributed by atoms with van der Waals surface area (Å²) in [6.07, 6.45) is 0.810. The summed E-state index contributed by atoms with van der Waals surface area (Å²) in [6.45, 7) is 8.80. The Kier molecular flexibility index (Phi) is 6.14. The normalized spacial score (nSPS) is 10.5. The van der Waals surface area contributed by atoms with Gasteiger partial charge in [-0.25, -0.2) is 0 Å². The van der Waals surface area contributed by atoms with Crippen molar-refractivity contribution in [3.05, 3.63) is 33.9 Å². The maximum Gasteiger partial charge on any atom is 0.305 e. The van der Waals surface area contributed by atoms with Gasteiger partial charge in [-0.1, -0.05) is 13.0 Å². The molecule has 1 amide bonds. The molecule has 0 fully saturated rings. The van der Waals surface area contributed by atoms with Crippen molar-refractivity contribution >= 4 is 17.3 Å². The van der Waals surface area contributed by atoms with Gasteiger partial charge in [0.1, 0.15) is 11.3 Å². The van der Waals surface area contributed by atoms with E-state index in [1.807, 2.05) is 27.7 Å². The molecule has 0 saturated carbocycles. The van der Waals surface area contributed by atoms with E-state index in [0.717, 1.165) is 6.42 Å². The van der Waals surface area contributed by atoms with E-state index in [-0.39, 0.29) is 23.2 Å². The lowest BCUT2D eigenvalue weighted by Crippen LogP contribution is -2.37. The Balaban J connectivity index is 3.31. The zero-order valence-electron chi connectivity index (χ0n) is 13.0. The maximum absolute atomic E-state index is 12.7. The Morgan fingerprint density at radius 2 is 2.05 bits per heavy atom. The minimum Gasteiger partial charge on any atom is -0.380 e. The average Bonchev–Trinajstić information content (AvgIpc) is 2.43. The molecule has 0 saturated heterocycles. The minimum absolute atomic E-state index is 0.000144. The summed E-state index contributed by atoms with van der Waals surface area (Å²) in [4.78, 5) is 25.2. The molecular weight excluding hydrogens is 270 g/mol. The fraction of sp³-hybridized carbons (Fsp3) is 0.533. The van der Waals surface area contributed by atoms with E-state index in [1.165, 1.54) is 6.07 Å². The lowest BCUT2D eigenvalue weighted by Gasteiger charge is -2.26. The molecule has 0 unspecified atom stereocenters. The summed E-state index contributed by atoms with van der Waals surface area (Å²) in [5.74, 6) is -0.293. The number of benzene rings is 1. The van der Waals surface area contributed by atoms with Crippen LogP contribution in [0.3, 0.4) is 0 Å². The van der Waals surface area contributed by atoms with Crippen molar-refractivity contribution < 1.29 is 9.72 Å². The van der Waals surface area contributed by atoms with Gasteiger partial charge in [0.2, 0.25) is 0 Å². The second-order valence-corrected chi connectivity index (χ2v) is 5.08. The van der Waals surface area contributed by atoms with Gasteiger partial charge in [-0.3, -0.25) is 14.9 Å². The maximum atomic E-state index is 12.7. The van der Waals surface area contributed by atoms with E-state index in [0.29, 0.717) is 18.8 Å². The first kappa shape index (κ1) is 16.9. The van der Waals surface area contributed by atoms with E-state index in [9.17, 15) is 14.9 Å². The van der Waals surface area contributed by atoms with Crippen molar-refractivity contribution in [2.24, 2.45) is 0 Å². The Labute approximate surface area is 125 Å². The number of amides is 1. The number of para-hydroxylation sites is 1. The van der Waals surface area contributed by atoms with Crippen molar-refractivity contribution in [2.45, 2.75) is 40.2 Å². The Morgan fingerprint density at radius 1 is 1.38 bits per heavy atom. The van der Waals surface area contributed by atoms with Crippen LogP contribution in [0.25, 0.3) is 0 Å². The number of carbonyl (C=O) groups is 1. The molecule has 0 spiro atoms. The molecule has 21 heavy (non-hydrogen) atoms. The second-order valence-electron chi connectivity index (χ2n) is 5.08. The number of rotatable bonds is 7. The highest BCUT2D eigenvalue weighted by Gasteiger charge is 2.28. The van der Waals surface area contributed by atoms with Crippen LogP contribution in [-0.2, 0) is 0 Å². The van der Waals surface area contributed by atoms with Gasteiger partial charge in [0.05, 0.1) is 4.92 Å². The summed E-state index contributed by atoms with van der Waals surface area (Å²) < 4.78 is 0. The molecule has 1 aromatic rings. The molecule has 0 atom stereocenters. The summed E-state index contributed by atoms with van der Waals surface area (Å²) in [5, 5.41) is 14.3. The Bertz CT molecular complexity index is 515. The highest BCUT2D eigenvalue weighted by atomic mass is 16.6. The van der Waals surface area contributed by atoms with Crippen LogP contribution < -0.4 is 5.32 Å². The topological polar surface area (TPSA) is 75.5 Å². The molecule has 116 valence electrons. The standard InChI is InChI=1S/C15H23N3O3/c1-5-10-17(11(3)4)15(19)12-8-7-9-13(16-6-2)14(12)18(20)21/h7-9,11,16H,5-6,10H2,1-4H3. The third-order valence-electron chi connectivity index (χ3n) is 3.16. The first-order valence-corrected chi connectivity index (χ1v) is 7.26. The predicted molar refractivity (Wildman–Crippen MR) is 83.7 cm³/mol. The SMILES string of the molecule is CCCN(C(=O)c1cccc(NCC)c1[N+](=O)[O-])C(C)C. The molecule has 0 bridgehead atoms. The third kappa shape index (κ3) is 3.93. The lowest BCUT2D eigenvalue weighted by atomic mass is 10.1. The molecule has 6 nitrogen and oxygen atoms in total. The van der Waals surface area contributed by atoms with Crippen LogP contribution in [0.4, 0.5) is 11.4 Å². The molecule has 1 rings (SSSR count). The molecular formula is C15H23N3O3. The largest absolute Gasteiger partial charge is 0.380 e. The number of nitro benzene ring substituents is 1. The smallest absolute Gasteiger partial charge is 0.305 e. The first-order valence-electron chi connectivity index (χ1n) is 7.26. The fourth-order valence-corrected chi connectivity index (χ4v) is 2.24. The van der Waals surface area contributed by atoms with Crippen LogP contribution in [-0.4, -0.2) is 34.9 Å². The molecule has 0 aromatic heterocycles. The van der Waals surface area contributed by atoms with E-state index in [2.05, 4.69) is 5.32 Å². The quantitative estimate of drug-likeness (QED) is 0.618. The van der Waals surface area contributed by atoms with Crippen LogP contribution in [0.5, 0.6) is 0 Å². The number of nitrogens with zero attached hydrogens (tertiary/aromatic N) is 2. The lowest BCUT2D eigenvalue weighted by molar-refractivity contribution is -0.384. The van der Waals surface area contributed by atoms with Gasteiger partial charge in [0.25, 0.3) is 5.91 Å². The number of nitrogens with one attached hydrogen (secondary N) is 1. The Hall–Kier alpha value is -2.11. The summed E-state index contributed by atoms with van der Waals surface area (Å²) >= 11 is 0. The van der Waals surface area contributed by atoms with Crippen molar-refractivity contribution in [3.63, 3.8) is 0 Å². The molecule has 1 aromatic carbocycles. The van der Waals surface area contributed by atoms with E-state index in [1.54, 1.807) is 17.0 Å². The number of nitro groups is 1. The monoisotopic (exact) mass is 293 g/mol. The van der Waals surface area contributed by atoms with Gasteiger partial charge in [-0.15, -0.1) is 0 Å². The van der Waals surface area contributed by atoms with Gasteiger partial charge < -0.3 is 10.2 Å². The summed E-state index contributed by atoms with van der Waals surface area (Å²) in [5.41, 5.74) is 0.375. The van der Waals surface area contributed by atoms with Gasteiger partial charge in [-0.2, -0.15) is 0 Å². The summed E-state index contributed by atoms with van der Waals surface area (Å²) in [7, 11) is 0. The van der Waals surface area contributed by atoms with Crippen molar-refractivity contribution in [1.82, 2.24) is 4.90 Å². The second kappa shape index (κ2) is 7.61. The van der Waals surface area contributed by atoms with Gasteiger partial charge in [0, 0.05) is 19.1 Å². The van der Waals surface area contributed by atoms with E-state index in [4.69, 9.17) is 0 Å². The zero-order valence-corrected chi connectivity index (χ0v) is 13.0. The molecule has 6 heteroatoms. The molecule has 0 aliphatic heterocycles. The molecule has 0 radical (unpaired) electrons. The van der Waals surface area contributed by atoms with Gasteiger partial charge >= 0.3 is 5.69 Å². The van der Waals surface area contributed by atoms with Crippen LogP contribution in [0.2, 0.25) is 0 Å². The highest BCUT2D eigenvalue weighted by Crippen LogP contribution is 2.30. The third-order valence-corrected chi connectivity index (χ3v) is 3.16. The molecule has 0 aliphatic rings. The molecule has 0 heterocycles. The van der Waals surface area contributed by atoms with Crippen LogP contribution in [0.1, 0.15) is 44.5 Å². The van der Waals surface area contributed by atoms with Crippen molar-refractivity contribution in [1.29, 1.82) is 0 Å². The number of carbonyl (C=O) groups excluding carboxylic acids is 1. The number of anilines is 1. The average molecular weight is 293 g/mol. The number of hydrogen-bond donors (Lipinski definition) is 1. The number of hydrogen-bond acceptors (Lipinski definition) is 4. The summed E-state index contributed by atoms with van der Waals surface area (Å²) in [6, 6.07) is 4.81. The fourth-order valence-electron chi connectivity index (χ4n) is 2.24. The Morgan fingerprint density at radius 3 is 2.52 bits per heavy atom. The molecule has 1 N–H and O–H groups in total. The predicted octanol–water partition coefficient (Wildman–Crippen LogP) is 3.29. The van der Waals surface area contributed by atoms with Crippen molar-refractivity contribution in [3.8, 4) is 0 Å². The van der Waals surface area contributed by atoms with Crippen LogP contribution in [0.15, 0.2) is 18.2 Å². The van der Waals surface area contributed by atoms with Crippen LogP contribution in [0, 0.1) is 10.1 Å². The van der Waals surface area contributed by atoms with Crippen molar-refractivity contribution in [2.75, 3.05) is 18.4 Å². The zero-order chi connectivity index (χ0) is 16.0. The van der Waals surface area contributed by atoms with Gasteiger partial charge in [-0.05, 0) is 39.3 Å². The first-order chi connectivity index (χ1) is 9.93.